The van der Waals surface area contributed by atoms with Crippen molar-refractivity contribution in [3.63, 3.8) is 0 Å². The Bertz CT molecular complexity index is 485. The Morgan fingerprint density at radius 1 is 0.469 bits per heavy atom. The molecule has 0 rings (SSSR count). The van der Waals surface area contributed by atoms with Gasteiger partial charge >= 0.3 is 23.9 Å². The summed E-state index contributed by atoms with van der Waals surface area (Å²) in [5.74, 6) is -1.19. The lowest BCUT2D eigenvalue weighted by Crippen LogP contribution is -2.40. The van der Waals surface area contributed by atoms with Crippen LogP contribution in [-0.4, -0.2) is 126 Å². The van der Waals surface area contributed by atoms with Crippen molar-refractivity contribution in [2.45, 2.75) is 25.7 Å². The quantitative estimate of drug-likeness (QED) is 0.199. The minimum atomic E-state index is -0.298. The van der Waals surface area contributed by atoms with E-state index in [1.807, 2.05) is 16.8 Å². The van der Waals surface area contributed by atoms with Gasteiger partial charge in [0.25, 0.3) is 0 Å². The smallest absolute Gasteiger partial charge is 0.306 e. The molecule has 0 saturated heterocycles. The van der Waals surface area contributed by atoms with Crippen LogP contribution < -0.4 is 0 Å². The Hall–Kier alpha value is -2.24. The molecule has 0 amide bonds. The zero-order chi connectivity index (χ0) is 24.4. The molecule has 0 spiro atoms. The first-order valence-electron chi connectivity index (χ1n) is 10.7. The maximum Gasteiger partial charge on any atom is 0.306 e. The van der Waals surface area contributed by atoms with Crippen molar-refractivity contribution in [1.29, 1.82) is 0 Å². The van der Waals surface area contributed by atoms with Gasteiger partial charge in [0.05, 0.1) is 54.1 Å². The fourth-order valence-corrected chi connectivity index (χ4v) is 2.81. The predicted molar refractivity (Wildman–Crippen MR) is 117 cm³/mol. The second-order valence-corrected chi connectivity index (χ2v) is 7.29. The molecule has 186 valence electrons. The molecule has 11 nitrogen and oxygen atoms in total. The number of hydrogen-bond acceptors (Lipinski definition) is 11. The highest BCUT2D eigenvalue weighted by molar-refractivity contribution is 5.70. The van der Waals surface area contributed by atoms with Crippen molar-refractivity contribution in [3.8, 4) is 0 Å². The molecular weight excluding hydrogens is 422 g/mol. The molecule has 0 fully saturated rings. The number of hydrogen-bond donors (Lipinski definition) is 0. The summed E-state index contributed by atoms with van der Waals surface area (Å²) in [7, 11) is 7.36. The Labute approximate surface area is 190 Å². The van der Waals surface area contributed by atoms with E-state index >= 15 is 0 Å². The summed E-state index contributed by atoms with van der Waals surface area (Å²) in [6, 6.07) is 0. The van der Waals surface area contributed by atoms with Gasteiger partial charge in [-0.3, -0.25) is 19.2 Å². The van der Waals surface area contributed by atoms with Crippen molar-refractivity contribution in [3.05, 3.63) is 0 Å². The number of rotatable bonds is 18. The fourth-order valence-electron chi connectivity index (χ4n) is 2.81. The summed E-state index contributed by atoms with van der Waals surface area (Å²) in [6.07, 6.45) is 0.985. The Morgan fingerprint density at radius 2 is 0.719 bits per heavy atom. The summed E-state index contributed by atoms with van der Waals surface area (Å²) in [5, 5.41) is 0. The summed E-state index contributed by atoms with van der Waals surface area (Å²) >= 11 is 0. The van der Waals surface area contributed by atoms with E-state index in [1.54, 1.807) is 0 Å². The van der Waals surface area contributed by atoms with E-state index in [4.69, 9.17) is 18.9 Å². The molecule has 0 atom stereocenters. The van der Waals surface area contributed by atoms with Crippen LogP contribution in [0, 0.1) is 0 Å². The molecule has 0 N–H and O–H groups in total. The van der Waals surface area contributed by atoms with Crippen LogP contribution in [0.2, 0.25) is 0 Å². The van der Waals surface area contributed by atoms with Gasteiger partial charge in [0.2, 0.25) is 0 Å². The van der Waals surface area contributed by atoms with Crippen molar-refractivity contribution < 1.29 is 38.1 Å². The van der Waals surface area contributed by atoms with Gasteiger partial charge in [-0.15, -0.1) is 0 Å². The van der Waals surface area contributed by atoms with Gasteiger partial charge < -0.3 is 33.6 Å². The first-order chi connectivity index (χ1) is 15.2. The van der Waals surface area contributed by atoms with Gasteiger partial charge in [0.15, 0.2) is 0 Å². The molecule has 32 heavy (non-hydrogen) atoms. The fraction of sp³-hybridized carbons (Fsp3) is 0.810. The lowest BCUT2D eigenvalue weighted by Gasteiger charge is -2.27. The van der Waals surface area contributed by atoms with E-state index in [-0.39, 0.29) is 49.6 Å². The zero-order valence-corrected chi connectivity index (χ0v) is 20.1. The second-order valence-electron chi connectivity index (χ2n) is 7.29. The molecule has 0 aliphatic heterocycles. The lowest BCUT2D eigenvalue weighted by atomic mass is 10.3. The molecule has 0 unspecified atom stereocenters. The molecule has 0 bridgehead atoms. The standard InChI is InChI=1S/C21H39N3O8/c1-22(14-16-23(10-6-18(25)29-2)11-7-19(26)30-3)15-17-24(12-8-20(27)31-4)13-9-21(28)32-5/h6-17H2,1-5H3. The molecular formula is C21H39N3O8. The average molecular weight is 462 g/mol. The summed E-state index contributed by atoms with van der Waals surface area (Å²) in [4.78, 5) is 52.0. The molecule has 0 aliphatic rings. The van der Waals surface area contributed by atoms with E-state index in [9.17, 15) is 19.2 Å². The van der Waals surface area contributed by atoms with Crippen molar-refractivity contribution in [2.24, 2.45) is 0 Å². The molecule has 0 aromatic heterocycles. The molecule has 0 aromatic carbocycles. The van der Waals surface area contributed by atoms with Crippen LogP contribution in [0.25, 0.3) is 0 Å². The first-order valence-corrected chi connectivity index (χ1v) is 10.7. The first kappa shape index (κ1) is 29.8. The maximum atomic E-state index is 11.5. The van der Waals surface area contributed by atoms with Crippen LogP contribution in [0.1, 0.15) is 25.7 Å². The number of esters is 4. The summed E-state index contributed by atoms with van der Waals surface area (Å²) < 4.78 is 18.8. The third kappa shape index (κ3) is 15.5. The number of ether oxygens (including phenoxy) is 4. The highest BCUT2D eigenvalue weighted by Gasteiger charge is 2.14. The van der Waals surface area contributed by atoms with Gasteiger partial charge in [0.1, 0.15) is 0 Å². The molecule has 0 saturated carbocycles. The Kier molecular flexibility index (Phi) is 17.1. The number of carbonyl (C=O) groups excluding carboxylic acids is 4. The van der Waals surface area contributed by atoms with E-state index in [0.29, 0.717) is 52.4 Å². The Balaban J connectivity index is 4.61. The highest BCUT2D eigenvalue weighted by Crippen LogP contribution is 2.01. The third-order valence-corrected chi connectivity index (χ3v) is 5.04. The van der Waals surface area contributed by atoms with Crippen LogP contribution in [0.4, 0.5) is 0 Å². The van der Waals surface area contributed by atoms with Gasteiger partial charge in [-0.25, -0.2) is 0 Å². The topological polar surface area (TPSA) is 115 Å². The molecule has 0 radical (unpaired) electrons. The summed E-state index contributed by atoms with van der Waals surface area (Å²) in [5.41, 5.74) is 0. The van der Waals surface area contributed by atoms with Crippen molar-refractivity contribution >= 4 is 23.9 Å². The number of carbonyl (C=O) groups is 4. The normalized spacial score (nSPS) is 11.0. The predicted octanol–water partition coefficient (Wildman–Crippen LogP) is -0.225. The second kappa shape index (κ2) is 18.3. The number of nitrogens with zero attached hydrogens (tertiary/aromatic N) is 3. The van der Waals surface area contributed by atoms with E-state index in [2.05, 4.69) is 4.90 Å². The van der Waals surface area contributed by atoms with Crippen LogP contribution in [-0.2, 0) is 38.1 Å². The van der Waals surface area contributed by atoms with Gasteiger partial charge in [-0.05, 0) is 7.05 Å². The van der Waals surface area contributed by atoms with E-state index < -0.39 is 0 Å². The van der Waals surface area contributed by atoms with Crippen LogP contribution in [0.3, 0.4) is 0 Å². The molecule has 0 aliphatic carbocycles. The molecule has 11 heteroatoms. The van der Waals surface area contributed by atoms with Crippen molar-refractivity contribution in [2.75, 3.05) is 87.8 Å². The van der Waals surface area contributed by atoms with Crippen LogP contribution in [0.5, 0.6) is 0 Å². The minimum absolute atomic E-state index is 0.246. The highest BCUT2D eigenvalue weighted by atomic mass is 16.5. The van der Waals surface area contributed by atoms with Crippen LogP contribution >= 0.6 is 0 Å². The largest absolute Gasteiger partial charge is 0.469 e. The van der Waals surface area contributed by atoms with E-state index in [1.165, 1.54) is 28.4 Å². The third-order valence-electron chi connectivity index (χ3n) is 5.04. The SMILES string of the molecule is COC(=O)CCN(CCC(=O)OC)CCN(C)CCN(CCC(=O)OC)CCC(=O)OC. The van der Waals surface area contributed by atoms with Gasteiger partial charge in [-0.2, -0.15) is 0 Å². The van der Waals surface area contributed by atoms with Gasteiger partial charge in [-0.1, -0.05) is 0 Å². The summed E-state index contributed by atoms with van der Waals surface area (Å²) in [6.45, 7) is 4.70. The average Bonchev–Trinajstić information content (AvgIpc) is 2.81. The van der Waals surface area contributed by atoms with Crippen LogP contribution in [0.15, 0.2) is 0 Å². The number of methoxy groups -OCH3 is 4. The zero-order valence-electron chi connectivity index (χ0n) is 20.1. The number of likely N-dealkylation sites (N-methyl/N-ethyl adjacent to an activating group) is 1. The monoisotopic (exact) mass is 461 g/mol. The molecule has 0 aromatic rings. The molecule has 0 heterocycles. The van der Waals surface area contributed by atoms with Gasteiger partial charge in [0, 0.05) is 52.4 Å². The maximum absolute atomic E-state index is 11.5. The minimum Gasteiger partial charge on any atom is -0.469 e. The Morgan fingerprint density at radius 3 is 0.938 bits per heavy atom. The van der Waals surface area contributed by atoms with E-state index in [0.717, 1.165) is 0 Å². The van der Waals surface area contributed by atoms with Crippen molar-refractivity contribution in [1.82, 2.24) is 14.7 Å². The lowest BCUT2D eigenvalue weighted by molar-refractivity contribution is -0.142.